The van der Waals surface area contributed by atoms with E-state index in [0.717, 1.165) is 0 Å². The van der Waals surface area contributed by atoms with Crippen LogP contribution in [0, 0.1) is 0 Å². The van der Waals surface area contributed by atoms with Crippen LogP contribution in [0.3, 0.4) is 0 Å². The van der Waals surface area contributed by atoms with E-state index in [1.54, 1.807) is 11.8 Å². The normalized spacial score (nSPS) is 18.3. The molecule has 0 saturated carbocycles. The Hall–Kier alpha value is 0.0200. The van der Waals surface area contributed by atoms with Crippen LogP contribution >= 0.6 is 11.8 Å². The topological polar surface area (TPSA) is 12.4 Å². The molecule has 1 rings (SSSR count). The minimum atomic E-state index is 0.591. The second kappa shape index (κ2) is 13.0. The first-order valence-electron chi connectivity index (χ1n) is 8.50. The highest BCUT2D eigenvalue weighted by atomic mass is 32.2. The molecule has 0 aromatic heterocycles. The maximum atomic E-state index is 4.34. The second-order valence-electron chi connectivity index (χ2n) is 5.86. The van der Waals surface area contributed by atoms with E-state index >= 15 is 0 Å². The third-order valence-corrected chi connectivity index (χ3v) is 4.75. The highest BCUT2D eigenvalue weighted by Gasteiger charge is 2.10. The fraction of sp³-hybridized carbons (Fsp3) is 0.941. The lowest BCUT2D eigenvalue weighted by atomic mass is 10.0. The Bertz CT molecular complexity index is 215. The average Bonchev–Trinajstić information content (AvgIpc) is 2.93. The van der Waals surface area contributed by atoms with Gasteiger partial charge >= 0.3 is 0 Å². The van der Waals surface area contributed by atoms with E-state index in [0.29, 0.717) is 6.04 Å². The van der Waals surface area contributed by atoms with E-state index in [9.17, 15) is 0 Å². The van der Waals surface area contributed by atoms with E-state index in [2.05, 4.69) is 17.5 Å². The molecule has 2 heteroatoms. The molecule has 0 N–H and O–H groups in total. The van der Waals surface area contributed by atoms with Crippen LogP contribution in [0.25, 0.3) is 0 Å². The summed E-state index contributed by atoms with van der Waals surface area (Å²) in [4.78, 5) is 4.34. The maximum absolute atomic E-state index is 4.34. The first kappa shape index (κ1) is 17.1. The van der Waals surface area contributed by atoms with Gasteiger partial charge in [0.15, 0.2) is 0 Å². The molecule has 1 unspecified atom stereocenters. The van der Waals surface area contributed by atoms with Crippen molar-refractivity contribution >= 4 is 17.3 Å². The summed E-state index contributed by atoms with van der Waals surface area (Å²) in [6.45, 7) is 2.29. The number of rotatable bonds is 13. The van der Waals surface area contributed by atoms with Crippen LogP contribution in [0.2, 0.25) is 0 Å². The van der Waals surface area contributed by atoms with Crippen molar-refractivity contribution in [3.63, 3.8) is 0 Å². The third kappa shape index (κ3) is 10.5. The molecule has 0 aromatic carbocycles. The number of aliphatic imine (C=N–C) groups is 1. The van der Waals surface area contributed by atoms with Crippen LogP contribution < -0.4 is 0 Å². The average molecular weight is 283 g/mol. The van der Waals surface area contributed by atoms with E-state index in [-0.39, 0.29) is 0 Å². The summed E-state index contributed by atoms with van der Waals surface area (Å²) < 4.78 is 0. The van der Waals surface area contributed by atoms with Crippen LogP contribution in [-0.2, 0) is 0 Å². The zero-order valence-electron chi connectivity index (χ0n) is 12.8. The molecule has 1 aliphatic heterocycles. The molecule has 1 nitrogen and oxygen atoms in total. The van der Waals surface area contributed by atoms with Gasteiger partial charge in [-0.2, -0.15) is 0 Å². The Morgan fingerprint density at radius 2 is 1.37 bits per heavy atom. The van der Waals surface area contributed by atoms with Gasteiger partial charge in [-0.25, -0.2) is 0 Å². The van der Waals surface area contributed by atoms with Crippen molar-refractivity contribution in [2.75, 3.05) is 5.75 Å². The predicted molar refractivity (Wildman–Crippen MR) is 89.4 cm³/mol. The van der Waals surface area contributed by atoms with E-state index in [1.165, 1.54) is 89.2 Å². The molecule has 1 heterocycles. The zero-order chi connectivity index (χ0) is 13.6. The van der Waals surface area contributed by atoms with Crippen LogP contribution in [0.4, 0.5) is 0 Å². The Balaban J connectivity index is 1.68. The van der Waals surface area contributed by atoms with Crippen LogP contribution in [0.15, 0.2) is 4.99 Å². The largest absolute Gasteiger partial charge is 0.271 e. The summed E-state index contributed by atoms with van der Waals surface area (Å²) in [5, 5.41) is 0. The van der Waals surface area contributed by atoms with Gasteiger partial charge in [-0.3, -0.25) is 4.99 Å². The summed E-state index contributed by atoms with van der Waals surface area (Å²) in [5.74, 6) is 1.18. The van der Waals surface area contributed by atoms with Gasteiger partial charge in [-0.05, 0) is 6.42 Å². The molecular weight excluding hydrogens is 250 g/mol. The first-order valence-corrected chi connectivity index (χ1v) is 9.48. The summed E-state index contributed by atoms with van der Waals surface area (Å²) in [7, 11) is 0. The van der Waals surface area contributed by atoms with Crippen molar-refractivity contribution in [2.45, 2.75) is 96.4 Å². The quantitative estimate of drug-likeness (QED) is 0.372. The second-order valence-corrected chi connectivity index (χ2v) is 6.67. The Kier molecular flexibility index (Phi) is 11.7. The number of hydrogen-bond acceptors (Lipinski definition) is 2. The SMILES string of the molecule is CCCCCCCCCCCCCCC1CS[C]=N1. The van der Waals surface area contributed by atoms with Gasteiger partial charge in [0.2, 0.25) is 0 Å². The van der Waals surface area contributed by atoms with Gasteiger partial charge in [0.25, 0.3) is 0 Å². The Labute approximate surface area is 125 Å². The van der Waals surface area contributed by atoms with Crippen LogP contribution in [0.5, 0.6) is 0 Å². The molecule has 1 aliphatic rings. The van der Waals surface area contributed by atoms with Crippen molar-refractivity contribution in [1.82, 2.24) is 0 Å². The first-order chi connectivity index (χ1) is 9.43. The fourth-order valence-electron chi connectivity index (χ4n) is 2.65. The van der Waals surface area contributed by atoms with Crippen molar-refractivity contribution in [1.29, 1.82) is 0 Å². The molecule has 111 valence electrons. The van der Waals surface area contributed by atoms with E-state index < -0.39 is 0 Å². The van der Waals surface area contributed by atoms with Crippen molar-refractivity contribution in [3.8, 4) is 0 Å². The van der Waals surface area contributed by atoms with Gasteiger partial charge in [-0.1, -0.05) is 84.0 Å². The molecular formula is C17H32NS. The third-order valence-electron chi connectivity index (χ3n) is 3.97. The molecule has 0 aromatic rings. The lowest BCUT2D eigenvalue weighted by Gasteiger charge is -2.05. The molecule has 0 aliphatic carbocycles. The molecule has 0 amide bonds. The van der Waals surface area contributed by atoms with Gasteiger partial charge in [0.05, 0.1) is 6.04 Å². The Morgan fingerprint density at radius 3 is 1.84 bits per heavy atom. The summed E-state index contributed by atoms with van der Waals surface area (Å²) in [5.41, 5.74) is 3.01. The highest BCUT2D eigenvalue weighted by molar-refractivity contribution is 8.12. The Morgan fingerprint density at radius 1 is 0.842 bits per heavy atom. The lowest BCUT2D eigenvalue weighted by molar-refractivity contribution is 0.530. The monoisotopic (exact) mass is 282 g/mol. The number of nitrogens with zero attached hydrogens (tertiary/aromatic N) is 1. The molecule has 0 fully saturated rings. The summed E-state index contributed by atoms with van der Waals surface area (Å²) in [6, 6.07) is 0.591. The number of hydrogen-bond donors (Lipinski definition) is 0. The van der Waals surface area contributed by atoms with Crippen LogP contribution in [0.1, 0.15) is 90.4 Å². The maximum Gasteiger partial charge on any atom is 0.123 e. The molecule has 1 atom stereocenters. The molecule has 0 saturated heterocycles. The van der Waals surface area contributed by atoms with E-state index in [1.807, 2.05) is 0 Å². The van der Waals surface area contributed by atoms with Gasteiger partial charge in [0, 0.05) is 5.75 Å². The standard InChI is InChI=1S/C17H32NS/c1-2-3-4-5-6-7-8-9-10-11-12-13-14-17-15-19-16-18-17/h17H,2-15H2,1H3. The minimum absolute atomic E-state index is 0.591. The van der Waals surface area contributed by atoms with Gasteiger partial charge < -0.3 is 0 Å². The zero-order valence-corrected chi connectivity index (χ0v) is 13.6. The van der Waals surface area contributed by atoms with Crippen LogP contribution in [-0.4, -0.2) is 17.3 Å². The number of thioether (sulfide) groups is 1. The fourth-order valence-corrected chi connectivity index (χ4v) is 3.38. The van der Waals surface area contributed by atoms with Gasteiger partial charge in [0.1, 0.15) is 5.55 Å². The molecule has 0 bridgehead atoms. The molecule has 0 spiro atoms. The number of unbranched alkanes of at least 4 members (excludes halogenated alkanes) is 11. The summed E-state index contributed by atoms with van der Waals surface area (Å²) in [6.07, 6.45) is 18.5. The smallest absolute Gasteiger partial charge is 0.123 e. The highest BCUT2D eigenvalue weighted by Crippen LogP contribution is 2.18. The van der Waals surface area contributed by atoms with Gasteiger partial charge in [-0.15, -0.1) is 11.8 Å². The van der Waals surface area contributed by atoms with Crippen molar-refractivity contribution in [2.24, 2.45) is 4.99 Å². The van der Waals surface area contributed by atoms with Crippen molar-refractivity contribution < 1.29 is 0 Å². The predicted octanol–water partition coefficient (Wildman–Crippen LogP) is 6.10. The summed E-state index contributed by atoms with van der Waals surface area (Å²) >= 11 is 1.75. The van der Waals surface area contributed by atoms with Crippen molar-refractivity contribution in [3.05, 3.63) is 0 Å². The molecule has 1 radical (unpaired) electrons. The lowest BCUT2D eigenvalue weighted by Crippen LogP contribution is -2.02. The molecule has 19 heavy (non-hydrogen) atoms. The minimum Gasteiger partial charge on any atom is -0.271 e. The van der Waals surface area contributed by atoms with E-state index in [4.69, 9.17) is 0 Å².